The average Bonchev–Trinajstić information content (AvgIpc) is 2.38. The molecule has 0 aliphatic heterocycles. The van der Waals surface area contributed by atoms with E-state index in [4.69, 9.17) is 4.74 Å². The molecule has 1 atom stereocenters. The first kappa shape index (κ1) is 14.3. The van der Waals surface area contributed by atoms with Crippen molar-refractivity contribution >= 4 is 5.97 Å². The third kappa shape index (κ3) is 3.91. The third-order valence-electron chi connectivity index (χ3n) is 2.84. The Hall–Kier alpha value is -1.77. The van der Waals surface area contributed by atoms with Gasteiger partial charge in [-0.1, -0.05) is 37.3 Å². The van der Waals surface area contributed by atoms with E-state index in [2.05, 4.69) is 13.0 Å². The number of rotatable bonds is 7. The van der Waals surface area contributed by atoms with Gasteiger partial charge in [-0.2, -0.15) is 0 Å². The normalized spacial score (nSPS) is 12.6. The molecule has 0 saturated heterocycles. The SMILES string of the molecule is CC/C=C/CCC(C(=O)O)c1ccccc1OC. The second-order valence-electron chi connectivity index (χ2n) is 4.09. The Bertz CT molecular complexity index is 410. The van der Waals surface area contributed by atoms with E-state index in [1.807, 2.05) is 24.3 Å². The Morgan fingerprint density at radius 2 is 2.11 bits per heavy atom. The molecule has 1 rings (SSSR count). The highest BCUT2D eigenvalue weighted by molar-refractivity contribution is 5.77. The lowest BCUT2D eigenvalue weighted by molar-refractivity contribution is -0.139. The van der Waals surface area contributed by atoms with Crippen LogP contribution in [0.5, 0.6) is 5.75 Å². The molecule has 0 amide bonds. The van der Waals surface area contributed by atoms with Crippen LogP contribution in [0, 0.1) is 0 Å². The van der Waals surface area contributed by atoms with E-state index in [1.54, 1.807) is 13.2 Å². The van der Waals surface area contributed by atoms with E-state index in [0.717, 1.165) is 18.4 Å². The highest BCUT2D eigenvalue weighted by Crippen LogP contribution is 2.30. The first-order chi connectivity index (χ1) is 8.70. The molecule has 0 saturated carbocycles. The summed E-state index contributed by atoms with van der Waals surface area (Å²) in [6, 6.07) is 7.31. The number of hydrogen-bond acceptors (Lipinski definition) is 2. The number of benzene rings is 1. The average molecular weight is 248 g/mol. The van der Waals surface area contributed by atoms with Crippen LogP contribution in [0.4, 0.5) is 0 Å². The lowest BCUT2D eigenvalue weighted by Gasteiger charge is -2.15. The fraction of sp³-hybridized carbons (Fsp3) is 0.400. The standard InChI is InChI=1S/C15H20O3/c1-3-4-5-6-10-13(15(16)17)12-9-7-8-11-14(12)18-2/h4-5,7-9,11,13H,3,6,10H2,1-2H3,(H,16,17)/b5-4+. The van der Waals surface area contributed by atoms with E-state index in [1.165, 1.54) is 0 Å². The van der Waals surface area contributed by atoms with Crippen molar-refractivity contribution in [2.45, 2.75) is 32.1 Å². The van der Waals surface area contributed by atoms with Crippen molar-refractivity contribution in [3.63, 3.8) is 0 Å². The van der Waals surface area contributed by atoms with Gasteiger partial charge in [0.15, 0.2) is 0 Å². The lowest BCUT2D eigenvalue weighted by Crippen LogP contribution is -2.12. The smallest absolute Gasteiger partial charge is 0.311 e. The van der Waals surface area contributed by atoms with Gasteiger partial charge < -0.3 is 9.84 Å². The predicted octanol–water partition coefficient (Wildman–Crippen LogP) is 3.61. The molecule has 1 aromatic carbocycles. The number of hydrogen-bond donors (Lipinski definition) is 1. The summed E-state index contributed by atoms with van der Waals surface area (Å²) in [7, 11) is 1.56. The van der Waals surface area contributed by atoms with Gasteiger partial charge in [0.25, 0.3) is 0 Å². The van der Waals surface area contributed by atoms with Crippen LogP contribution in [0.25, 0.3) is 0 Å². The Kier molecular flexibility index (Phi) is 5.98. The van der Waals surface area contributed by atoms with Crippen molar-refractivity contribution in [2.24, 2.45) is 0 Å². The van der Waals surface area contributed by atoms with Crippen LogP contribution < -0.4 is 4.74 Å². The zero-order valence-electron chi connectivity index (χ0n) is 10.9. The number of aliphatic carboxylic acids is 1. The van der Waals surface area contributed by atoms with E-state index in [0.29, 0.717) is 12.2 Å². The van der Waals surface area contributed by atoms with Crippen LogP contribution in [0.1, 0.15) is 37.7 Å². The Balaban J connectivity index is 2.84. The van der Waals surface area contributed by atoms with Crippen molar-refractivity contribution in [2.75, 3.05) is 7.11 Å². The number of carboxylic acid groups (broad SMARTS) is 1. The summed E-state index contributed by atoms with van der Waals surface area (Å²) in [5.41, 5.74) is 0.748. The second kappa shape index (κ2) is 7.54. The van der Waals surface area contributed by atoms with Crippen LogP contribution in [0.3, 0.4) is 0 Å². The van der Waals surface area contributed by atoms with Crippen LogP contribution in [-0.4, -0.2) is 18.2 Å². The summed E-state index contributed by atoms with van der Waals surface area (Å²) in [4.78, 5) is 11.4. The molecule has 1 unspecified atom stereocenters. The second-order valence-corrected chi connectivity index (χ2v) is 4.09. The molecule has 0 spiro atoms. The summed E-state index contributed by atoms with van der Waals surface area (Å²) in [6.45, 7) is 2.06. The third-order valence-corrected chi connectivity index (χ3v) is 2.84. The van der Waals surface area contributed by atoms with Gasteiger partial charge in [0.1, 0.15) is 5.75 Å². The molecule has 98 valence electrons. The number of carbonyl (C=O) groups is 1. The van der Waals surface area contributed by atoms with Gasteiger partial charge in [0.05, 0.1) is 13.0 Å². The molecule has 1 N–H and O–H groups in total. The summed E-state index contributed by atoms with van der Waals surface area (Å²) in [5.74, 6) is -0.670. The minimum absolute atomic E-state index is 0.511. The molecular formula is C15H20O3. The summed E-state index contributed by atoms with van der Waals surface area (Å²) >= 11 is 0. The van der Waals surface area contributed by atoms with E-state index in [-0.39, 0.29) is 0 Å². The van der Waals surface area contributed by atoms with Crippen LogP contribution in [-0.2, 0) is 4.79 Å². The van der Waals surface area contributed by atoms with Gasteiger partial charge >= 0.3 is 5.97 Å². The zero-order valence-corrected chi connectivity index (χ0v) is 10.9. The number of allylic oxidation sites excluding steroid dienone is 2. The number of ether oxygens (including phenoxy) is 1. The Morgan fingerprint density at radius 3 is 2.72 bits per heavy atom. The summed E-state index contributed by atoms with van der Waals surface area (Å²) < 4.78 is 5.22. The molecule has 0 bridgehead atoms. The highest BCUT2D eigenvalue weighted by Gasteiger charge is 2.22. The Morgan fingerprint density at radius 1 is 1.39 bits per heavy atom. The van der Waals surface area contributed by atoms with Gasteiger partial charge in [0.2, 0.25) is 0 Å². The van der Waals surface area contributed by atoms with Gasteiger partial charge in [0, 0.05) is 5.56 Å². The first-order valence-corrected chi connectivity index (χ1v) is 6.21. The monoisotopic (exact) mass is 248 g/mol. The molecule has 0 aliphatic carbocycles. The van der Waals surface area contributed by atoms with E-state index >= 15 is 0 Å². The molecule has 0 radical (unpaired) electrons. The maximum atomic E-state index is 11.4. The summed E-state index contributed by atoms with van der Waals surface area (Å²) in [6.07, 6.45) is 6.42. The van der Waals surface area contributed by atoms with Gasteiger partial charge in [-0.3, -0.25) is 4.79 Å². The van der Waals surface area contributed by atoms with Gasteiger partial charge in [-0.25, -0.2) is 0 Å². The van der Waals surface area contributed by atoms with Crippen molar-refractivity contribution in [3.8, 4) is 5.75 Å². The van der Waals surface area contributed by atoms with Gasteiger partial charge in [-0.05, 0) is 25.3 Å². The summed E-state index contributed by atoms with van der Waals surface area (Å²) in [5, 5.41) is 9.32. The topological polar surface area (TPSA) is 46.5 Å². The maximum Gasteiger partial charge on any atom is 0.311 e. The maximum absolute atomic E-state index is 11.4. The van der Waals surface area contributed by atoms with E-state index in [9.17, 15) is 9.90 Å². The van der Waals surface area contributed by atoms with E-state index < -0.39 is 11.9 Å². The molecule has 1 aromatic rings. The molecule has 3 heteroatoms. The fourth-order valence-corrected chi connectivity index (χ4v) is 1.91. The minimum Gasteiger partial charge on any atom is -0.496 e. The fourth-order valence-electron chi connectivity index (χ4n) is 1.91. The number of methoxy groups -OCH3 is 1. The molecule has 0 aliphatic rings. The minimum atomic E-state index is -0.801. The molecule has 18 heavy (non-hydrogen) atoms. The molecule has 0 aromatic heterocycles. The van der Waals surface area contributed by atoms with Gasteiger partial charge in [-0.15, -0.1) is 0 Å². The van der Waals surface area contributed by atoms with Crippen LogP contribution in [0.2, 0.25) is 0 Å². The molecule has 3 nitrogen and oxygen atoms in total. The van der Waals surface area contributed by atoms with Crippen LogP contribution in [0.15, 0.2) is 36.4 Å². The van der Waals surface area contributed by atoms with Crippen molar-refractivity contribution in [1.82, 2.24) is 0 Å². The molecular weight excluding hydrogens is 228 g/mol. The highest BCUT2D eigenvalue weighted by atomic mass is 16.5. The van der Waals surface area contributed by atoms with Crippen molar-refractivity contribution in [1.29, 1.82) is 0 Å². The van der Waals surface area contributed by atoms with Crippen molar-refractivity contribution in [3.05, 3.63) is 42.0 Å². The quantitative estimate of drug-likeness (QED) is 0.750. The molecule has 0 heterocycles. The number of carboxylic acids is 1. The first-order valence-electron chi connectivity index (χ1n) is 6.21. The molecule has 0 fully saturated rings. The zero-order chi connectivity index (χ0) is 13.4. The predicted molar refractivity (Wildman–Crippen MR) is 72.0 cm³/mol. The largest absolute Gasteiger partial charge is 0.496 e. The number of para-hydroxylation sites is 1. The van der Waals surface area contributed by atoms with Crippen molar-refractivity contribution < 1.29 is 14.6 Å². The Labute approximate surface area is 108 Å². The van der Waals surface area contributed by atoms with Crippen LogP contribution >= 0.6 is 0 Å². The lowest BCUT2D eigenvalue weighted by atomic mass is 9.93.